The van der Waals surface area contributed by atoms with E-state index in [1.54, 1.807) is 12.1 Å². The van der Waals surface area contributed by atoms with Crippen LogP contribution >= 0.6 is 12.4 Å². The fourth-order valence-electron chi connectivity index (χ4n) is 2.29. The summed E-state index contributed by atoms with van der Waals surface area (Å²) in [6, 6.07) is 5.99. The monoisotopic (exact) mass is 389 g/mol. The van der Waals surface area contributed by atoms with Crippen molar-refractivity contribution < 1.29 is 17.9 Å². The van der Waals surface area contributed by atoms with Crippen molar-refractivity contribution in [3.05, 3.63) is 41.5 Å². The summed E-state index contributed by atoms with van der Waals surface area (Å²) in [5.41, 5.74) is 1.49. The van der Waals surface area contributed by atoms with Gasteiger partial charge in [0, 0.05) is 32.3 Å². The molecule has 0 fully saturated rings. The fourth-order valence-corrected chi connectivity index (χ4v) is 3.35. The molecule has 0 radical (unpaired) electrons. The molecule has 1 heterocycles. The van der Waals surface area contributed by atoms with Gasteiger partial charge in [0.15, 0.2) is 0 Å². The van der Waals surface area contributed by atoms with Crippen LogP contribution in [0.5, 0.6) is 0 Å². The highest BCUT2D eigenvalue weighted by Gasteiger charge is 2.16. The van der Waals surface area contributed by atoms with Crippen LogP contribution in [0.3, 0.4) is 0 Å². The van der Waals surface area contributed by atoms with Gasteiger partial charge in [0.1, 0.15) is 0 Å². The zero-order valence-electron chi connectivity index (χ0n) is 14.1. The maximum Gasteiger partial charge on any atom is 0.251 e. The highest BCUT2D eigenvalue weighted by atomic mass is 35.5. The van der Waals surface area contributed by atoms with Crippen LogP contribution in [0.4, 0.5) is 0 Å². The number of amides is 1. The maximum absolute atomic E-state index is 12.2. The number of ether oxygens (including phenoxy) is 1. The Labute approximate surface area is 154 Å². The third-order valence-corrected chi connectivity index (χ3v) is 5.10. The Bertz CT molecular complexity index is 707. The second-order valence-corrected chi connectivity index (χ2v) is 7.18. The Morgan fingerprint density at radius 1 is 1.36 bits per heavy atom. The Kier molecular flexibility index (Phi) is 9.09. The zero-order valence-corrected chi connectivity index (χ0v) is 15.7. The van der Waals surface area contributed by atoms with E-state index >= 15 is 0 Å². The van der Waals surface area contributed by atoms with Crippen molar-refractivity contribution in [1.82, 2.24) is 15.4 Å². The number of carbonyl (C=O) groups excluding carboxylic acids is 1. The van der Waals surface area contributed by atoms with Crippen molar-refractivity contribution in [1.29, 1.82) is 0 Å². The van der Waals surface area contributed by atoms with E-state index in [-0.39, 0.29) is 36.4 Å². The fraction of sp³-hybridized carbons (Fsp3) is 0.438. The van der Waals surface area contributed by atoms with Gasteiger partial charge in [-0.25, -0.2) is 13.1 Å². The summed E-state index contributed by atoms with van der Waals surface area (Å²) < 4.78 is 31.6. The van der Waals surface area contributed by atoms with Crippen LogP contribution in [0.2, 0.25) is 0 Å². The van der Waals surface area contributed by atoms with Crippen molar-refractivity contribution >= 4 is 28.3 Å². The predicted molar refractivity (Wildman–Crippen MR) is 98.7 cm³/mol. The molecule has 0 unspecified atom stereocenters. The van der Waals surface area contributed by atoms with Crippen molar-refractivity contribution in [2.24, 2.45) is 0 Å². The minimum absolute atomic E-state index is 0. The van der Waals surface area contributed by atoms with Crippen LogP contribution in [-0.4, -0.2) is 54.2 Å². The molecule has 0 aliphatic carbocycles. The molecule has 25 heavy (non-hydrogen) atoms. The summed E-state index contributed by atoms with van der Waals surface area (Å²) in [7, 11) is -2.16. The average molecular weight is 390 g/mol. The van der Waals surface area contributed by atoms with Gasteiger partial charge in [0.05, 0.1) is 11.5 Å². The third kappa shape index (κ3) is 6.75. The highest BCUT2D eigenvalue weighted by Crippen LogP contribution is 2.12. The van der Waals surface area contributed by atoms with Crippen molar-refractivity contribution in [2.75, 3.05) is 39.9 Å². The van der Waals surface area contributed by atoms with Crippen LogP contribution in [0.15, 0.2) is 40.8 Å². The molecule has 0 saturated carbocycles. The molecule has 3 N–H and O–H groups in total. The molecule has 0 atom stereocenters. The smallest absolute Gasteiger partial charge is 0.251 e. The minimum atomic E-state index is -3.65. The number of hydrogen-bond donors (Lipinski definition) is 3. The molecule has 0 aromatic heterocycles. The molecule has 7 nitrogen and oxygen atoms in total. The first kappa shape index (κ1) is 21.6. The van der Waals surface area contributed by atoms with Gasteiger partial charge in [-0.3, -0.25) is 4.79 Å². The van der Waals surface area contributed by atoms with Crippen LogP contribution < -0.4 is 15.4 Å². The molecule has 1 aromatic rings. The van der Waals surface area contributed by atoms with Gasteiger partial charge < -0.3 is 15.4 Å². The van der Waals surface area contributed by atoms with Gasteiger partial charge in [0.2, 0.25) is 10.0 Å². The van der Waals surface area contributed by atoms with Crippen molar-refractivity contribution in [3.63, 3.8) is 0 Å². The number of sulfonamides is 1. The largest absolute Gasteiger partial charge is 0.383 e. The lowest BCUT2D eigenvalue weighted by atomic mass is 10.1. The van der Waals surface area contributed by atoms with E-state index in [0.717, 1.165) is 19.5 Å². The number of methoxy groups -OCH3 is 1. The number of carbonyl (C=O) groups is 1. The van der Waals surface area contributed by atoms with Crippen LogP contribution in [0.25, 0.3) is 0 Å². The topological polar surface area (TPSA) is 96.5 Å². The average Bonchev–Trinajstić information content (AvgIpc) is 2.61. The second-order valence-electron chi connectivity index (χ2n) is 5.42. The first-order chi connectivity index (χ1) is 11.5. The van der Waals surface area contributed by atoms with E-state index in [4.69, 9.17) is 4.74 Å². The van der Waals surface area contributed by atoms with Crippen molar-refractivity contribution in [3.8, 4) is 0 Å². The summed E-state index contributed by atoms with van der Waals surface area (Å²) in [5, 5.41) is 6.04. The molecule has 1 aliphatic heterocycles. The Hall–Kier alpha value is -1.45. The van der Waals surface area contributed by atoms with E-state index in [2.05, 4.69) is 21.4 Å². The molecular formula is C16H24ClN3O4S. The van der Waals surface area contributed by atoms with E-state index in [0.29, 0.717) is 12.1 Å². The molecule has 0 bridgehead atoms. The second kappa shape index (κ2) is 10.5. The van der Waals surface area contributed by atoms with Gasteiger partial charge in [-0.2, -0.15) is 0 Å². The van der Waals surface area contributed by atoms with E-state index in [1.165, 1.54) is 24.8 Å². The highest BCUT2D eigenvalue weighted by molar-refractivity contribution is 7.89. The van der Waals surface area contributed by atoms with E-state index in [9.17, 15) is 13.2 Å². The lowest BCUT2D eigenvalue weighted by Crippen LogP contribution is -2.30. The van der Waals surface area contributed by atoms with E-state index < -0.39 is 10.0 Å². The number of halogens is 1. The Morgan fingerprint density at radius 3 is 2.84 bits per heavy atom. The lowest BCUT2D eigenvalue weighted by Gasteiger charge is -2.14. The van der Waals surface area contributed by atoms with Crippen LogP contribution in [-0.2, 0) is 14.8 Å². The normalized spacial score (nSPS) is 14.4. The van der Waals surface area contributed by atoms with Gasteiger partial charge in [-0.05, 0) is 31.2 Å². The quantitative estimate of drug-likeness (QED) is 0.449. The Balaban J connectivity index is 0.00000312. The first-order valence-corrected chi connectivity index (χ1v) is 9.27. The van der Waals surface area contributed by atoms with Gasteiger partial charge in [0.25, 0.3) is 5.91 Å². The predicted octanol–water partition coefficient (Wildman–Crippen LogP) is 0.683. The number of benzene rings is 1. The SMILES string of the molecule is COCCNS(=O)(=O)c1cccc(C(=O)NCC2=CCNCC2)c1.Cl. The zero-order chi connectivity index (χ0) is 17.4. The minimum Gasteiger partial charge on any atom is -0.383 e. The van der Waals surface area contributed by atoms with Gasteiger partial charge >= 0.3 is 0 Å². The first-order valence-electron chi connectivity index (χ1n) is 7.78. The summed E-state index contributed by atoms with van der Waals surface area (Å²) in [6.07, 6.45) is 2.96. The molecule has 0 spiro atoms. The number of rotatable bonds is 8. The summed E-state index contributed by atoms with van der Waals surface area (Å²) in [6.45, 7) is 2.65. The molecule has 1 amide bonds. The van der Waals surface area contributed by atoms with Gasteiger partial charge in [-0.15, -0.1) is 12.4 Å². The van der Waals surface area contributed by atoms with Crippen LogP contribution in [0, 0.1) is 0 Å². The molecular weight excluding hydrogens is 366 g/mol. The van der Waals surface area contributed by atoms with E-state index in [1.807, 2.05) is 0 Å². The van der Waals surface area contributed by atoms with Crippen LogP contribution in [0.1, 0.15) is 16.8 Å². The summed E-state index contributed by atoms with van der Waals surface area (Å²) in [5.74, 6) is -0.289. The molecule has 9 heteroatoms. The third-order valence-electron chi connectivity index (χ3n) is 3.64. The lowest BCUT2D eigenvalue weighted by molar-refractivity contribution is 0.0956. The summed E-state index contributed by atoms with van der Waals surface area (Å²) >= 11 is 0. The standard InChI is InChI=1S/C16H23N3O4S.ClH/c1-23-10-9-19-24(21,22)15-4-2-3-14(11-15)16(20)18-12-13-5-7-17-8-6-13;/h2-5,11,17,19H,6-10,12H2,1H3,(H,18,20);1H. The molecule has 2 rings (SSSR count). The number of nitrogens with one attached hydrogen (secondary N) is 3. The van der Waals surface area contributed by atoms with Crippen molar-refractivity contribution in [2.45, 2.75) is 11.3 Å². The van der Waals surface area contributed by atoms with Gasteiger partial charge in [-0.1, -0.05) is 17.7 Å². The molecule has 140 valence electrons. The molecule has 0 saturated heterocycles. The molecule has 1 aromatic carbocycles. The molecule has 1 aliphatic rings. The number of hydrogen-bond acceptors (Lipinski definition) is 5. The Morgan fingerprint density at radius 2 is 2.16 bits per heavy atom. The summed E-state index contributed by atoms with van der Waals surface area (Å²) in [4.78, 5) is 12.3. The maximum atomic E-state index is 12.2.